The SMILES string of the molecule is O=C(NNC(=S)Nc1ccccc1Cl)c1ccc(Cl)cc1Cl. The van der Waals surface area contributed by atoms with Crippen LogP contribution in [0.25, 0.3) is 0 Å². The third-order valence-electron chi connectivity index (χ3n) is 2.59. The van der Waals surface area contributed by atoms with Crippen molar-refractivity contribution in [3.05, 3.63) is 63.1 Å². The molecule has 0 heterocycles. The number of rotatable bonds is 2. The highest BCUT2D eigenvalue weighted by Gasteiger charge is 2.11. The molecule has 3 N–H and O–H groups in total. The quantitative estimate of drug-likeness (QED) is 0.542. The van der Waals surface area contributed by atoms with E-state index < -0.39 is 5.91 Å². The minimum atomic E-state index is -0.440. The van der Waals surface area contributed by atoms with Crippen molar-refractivity contribution in [1.29, 1.82) is 0 Å². The molecule has 0 aliphatic rings. The number of para-hydroxylation sites is 1. The fourth-order valence-electron chi connectivity index (χ4n) is 1.57. The molecule has 0 bridgehead atoms. The lowest BCUT2D eigenvalue weighted by Gasteiger charge is -2.13. The second-order valence-electron chi connectivity index (χ2n) is 4.14. The van der Waals surface area contributed by atoms with E-state index in [0.29, 0.717) is 15.7 Å². The molecule has 0 unspecified atom stereocenters. The van der Waals surface area contributed by atoms with Gasteiger partial charge in [0.15, 0.2) is 5.11 Å². The number of hydrogen-bond acceptors (Lipinski definition) is 2. The number of carbonyl (C=O) groups excluding carboxylic acids is 1. The maximum atomic E-state index is 12.0. The van der Waals surface area contributed by atoms with Crippen LogP contribution in [0.1, 0.15) is 10.4 Å². The molecule has 0 aromatic heterocycles. The first kappa shape index (κ1) is 16.8. The lowest BCUT2D eigenvalue weighted by Crippen LogP contribution is -2.43. The molecular formula is C14H10Cl3N3OS. The van der Waals surface area contributed by atoms with Crippen LogP contribution in [-0.2, 0) is 0 Å². The van der Waals surface area contributed by atoms with Gasteiger partial charge < -0.3 is 5.32 Å². The number of halogens is 3. The zero-order chi connectivity index (χ0) is 16.1. The molecule has 0 atom stereocenters. The molecule has 1 amide bonds. The molecule has 0 spiro atoms. The van der Waals surface area contributed by atoms with Gasteiger partial charge in [0, 0.05) is 5.02 Å². The average Bonchev–Trinajstić information content (AvgIpc) is 2.47. The van der Waals surface area contributed by atoms with Gasteiger partial charge in [0.2, 0.25) is 0 Å². The van der Waals surface area contributed by atoms with Crippen LogP contribution in [0.5, 0.6) is 0 Å². The molecule has 2 aromatic rings. The van der Waals surface area contributed by atoms with Gasteiger partial charge in [-0.05, 0) is 42.5 Å². The minimum Gasteiger partial charge on any atom is -0.330 e. The average molecular weight is 375 g/mol. The summed E-state index contributed by atoms with van der Waals surface area (Å²) in [6.45, 7) is 0. The summed E-state index contributed by atoms with van der Waals surface area (Å²) >= 11 is 22.8. The Morgan fingerprint density at radius 1 is 0.955 bits per heavy atom. The van der Waals surface area contributed by atoms with Crippen LogP contribution >= 0.6 is 47.0 Å². The number of anilines is 1. The summed E-state index contributed by atoms with van der Waals surface area (Å²) in [5.41, 5.74) is 5.91. The Bertz CT molecular complexity index is 724. The molecule has 0 aliphatic heterocycles. The van der Waals surface area contributed by atoms with E-state index in [1.54, 1.807) is 24.3 Å². The molecule has 2 rings (SSSR count). The van der Waals surface area contributed by atoms with Crippen molar-refractivity contribution in [2.75, 3.05) is 5.32 Å². The highest BCUT2D eigenvalue weighted by molar-refractivity contribution is 7.80. The van der Waals surface area contributed by atoms with Crippen molar-refractivity contribution in [2.45, 2.75) is 0 Å². The number of nitrogens with one attached hydrogen (secondary N) is 3. The summed E-state index contributed by atoms with van der Waals surface area (Å²) in [5.74, 6) is -0.440. The Morgan fingerprint density at radius 2 is 1.68 bits per heavy atom. The van der Waals surface area contributed by atoms with Gasteiger partial charge in [-0.2, -0.15) is 0 Å². The number of carbonyl (C=O) groups is 1. The number of hydrogen-bond donors (Lipinski definition) is 3. The van der Waals surface area contributed by atoms with Crippen LogP contribution in [0.2, 0.25) is 15.1 Å². The van der Waals surface area contributed by atoms with E-state index in [1.165, 1.54) is 12.1 Å². The van der Waals surface area contributed by atoms with E-state index in [4.69, 9.17) is 47.0 Å². The lowest BCUT2D eigenvalue weighted by molar-refractivity contribution is 0.0944. The summed E-state index contributed by atoms with van der Waals surface area (Å²) < 4.78 is 0. The van der Waals surface area contributed by atoms with Crippen LogP contribution in [0, 0.1) is 0 Å². The van der Waals surface area contributed by atoms with Crippen molar-refractivity contribution in [2.24, 2.45) is 0 Å². The Labute approximate surface area is 147 Å². The fraction of sp³-hybridized carbons (Fsp3) is 0. The summed E-state index contributed by atoms with van der Waals surface area (Å²) in [7, 11) is 0. The van der Waals surface area contributed by atoms with Crippen LogP contribution < -0.4 is 16.2 Å². The number of hydrazine groups is 1. The van der Waals surface area contributed by atoms with E-state index >= 15 is 0 Å². The summed E-state index contributed by atoms with van der Waals surface area (Å²) in [5, 5.41) is 4.26. The van der Waals surface area contributed by atoms with Crippen molar-refractivity contribution < 1.29 is 4.79 Å². The van der Waals surface area contributed by atoms with Gasteiger partial charge in [-0.25, -0.2) is 0 Å². The van der Waals surface area contributed by atoms with E-state index in [2.05, 4.69) is 16.2 Å². The second-order valence-corrected chi connectivity index (χ2v) is 5.80. The van der Waals surface area contributed by atoms with E-state index in [9.17, 15) is 4.79 Å². The van der Waals surface area contributed by atoms with Crippen LogP contribution in [0.3, 0.4) is 0 Å². The van der Waals surface area contributed by atoms with E-state index in [-0.39, 0.29) is 15.7 Å². The van der Waals surface area contributed by atoms with Crippen LogP contribution in [0.15, 0.2) is 42.5 Å². The minimum absolute atomic E-state index is 0.187. The van der Waals surface area contributed by atoms with Gasteiger partial charge >= 0.3 is 0 Å². The second kappa shape index (κ2) is 7.65. The molecule has 22 heavy (non-hydrogen) atoms. The Hall–Kier alpha value is -1.53. The highest BCUT2D eigenvalue weighted by Crippen LogP contribution is 2.21. The third kappa shape index (κ3) is 4.48. The maximum absolute atomic E-state index is 12.0. The monoisotopic (exact) mass is 373 g/mol. The first-order chi connectivity index (χ1) is 10.5. The molecule has 0 saturated heterocycles. The molecule has 0 radical (unpaired) electrons. The van der Waals surface area contributed by atoms with Gasteiger partial charge in [-0.15, -0.1) is 0 Å². The third-order valence-corrected chi connectivity index (χ3v) is 3.67. The van der Waals surface area contributed by atoms with Crippen LogP contribution in [0.4, 0.5) is 5.69 Å². The highest BCUT2D eigenvalue weighted by atomic mass is 35.5. The smallest absolute Gasteiger partial charge is 0.271 e. The van der Waals surface area contributed by atoms with Gasteiger partial charge in [-0.1, -0.05) is 46.9 Å². The van der Waals surface area contributed by atoms with Crippen molar-refractivity contribution in [3.8, 4) is 0 Å². The molecule has 0 saturated carbocycles. The molecule has 114 valence electrons. The number of thiocarbonyl (C=S) groups is 1. The molecule has 2 aromatic carbocycles. The topological polar surface area (TPSA) is 53.2 Å². The van der Waals surface area contributed by atoms with Gasteiger partial charge in [0.1, 0.15) is 0 Å². The Kier molecular flexibility index (Phi) is 5.85. The van der Waals surface area contributed by atoms with Crippen LogP contribution in [-0.4, -0.2) is 11.0 Å². The molecular weight excluding hydrogens is 365 g/mol. The summed E-state index contributed by atoms with van der Waals surface area (Å²) in [4.78, 5) is 12.0. The number of amides is 1. The molecule has 0 aliphatic carbocycles. The zero-order valence-electron chi connectivity index (χ0n) is 11.0. The maximum Gasteiger partial charge on any atom is 0.271 e. The first-order valence-electron chi connectivity index (χ1n) is 6.04. The first-order valence-corrected chi connectivity index (χ1v) is 7.58. The number of benzene rings is 2. The lowest BCUT2D eigenvalue weighted by atomic mass is 10.2. The summed E-state index contributed by atoms with van der Waals surface area (Å²) in [6.07, 6.45) is 0. The normalized spacial score (nSPS) is 9.95. The van der Waals surface area contributed by atoms with Gasteiger partial charge in [0.05, 0.1) is 21.3 Å². The van der Waals surface area contributed by atoms with Gasteiger partial charge in [0.25, 0.3) is 5.91 Å². The molecule has 0 fully saturated rings. The summed E-state index contributed by atoms with van der Waals surface area (Å²) in [6, 6.07) is 11.7. The van der Waals surface area contributed by atoms with E-state index in [0.717, 1.165) is 0 Å². The molecule has 8 heteroatoms. The molecule has 4 nitrogen and oxygen atoms in total. The predicted molar refractivity (Wildman–Crippen MR) is 94.7 cm³/mol. The van der Waals surface area contributed by atoms with Crippen molar-refractivity contribution in [1.82, 2.24) is 10.9 Å². The largest absolute Gasteiger partial charge is 0.330 e. The Morgan fingerprint density at radius 3 is 2.36 bits per heavy atom. The van der Waals surface area contributed by atoms with E-state index in [1.807, 2.05) is 6.07 Å². The Balaban J connectivity index is 1.93. The fourth-order valence-corrected chi connectivity index (χ4v) is 2.41. The predicted octanol–water partition coefficient (Wildman–Crippen LogP) is 4.28. The van der Waals surface area contributed by atoms with Gasteiger partial charge in [-0.3, -0.25) is 15.6 Å². The van der Waals surface area contributed by atoms with Crippen molar-refractivity contribution in [3.63, 3.8) is 0 Å². The van der Waals surface area contributed by atoms with Crippen molar-refractivity contribution >= 4 is 63.7 Å². The standard InChI is InChI=1S/C14H10Cl3N3OS/c15-8-5-6-9(11(17)7-8)13(21)19-20-14(22)18-12-4-2-1-3-10(12)16/h1-7H,(H,19,21)(H2,18,20,22). The zero-order valence-corrected chi connectivity index (χ0v) is 14.1.